The molecular weight excluding hydrogens is 396 g/mol. The molecule has 2 aliphatic rings. The van der Waals surface area contributed by atoms with Gasteiger partial charge in [-0.2, -0.15) is 0 Å². The number of carbonyl (C=O) groups is 2. The molecule has 1 unspecified atom stereocenters. The average molecular weight is 420 g/mol. The largest absolute Gasteiger partial charge is 0.485 e. The van der Waals surface area contributed by atoms with Crippen molar-refractivity contribution < 1.29 is 19.1 Å². The number of hydrogen-bond acceptors (Lipinski definition) is 5. The Morgan fingerprint density at radius 1 is 0.968 bits per heavy atom. The number of imidazole rings is 1. The van der Waals surface area contributed by atoms with Crippen LogP contribution in [0.15, 0.2) is 48.5 Å². The van der Waals surface area contributed by atoms with E-state index in [9.17, 15) is 9.59 Å². The number of hydrogen-bond donors (Lipinski definition) is 0. The first-order chi connectivity index (χ1) is 15.1. The van der Waals surface area contributed by atoms with Crippen molar-refractivity contribution in [3.63, 3.8) is 0 Å². The number of amides is 2. The fraction of sp³-hybridized carbons (Fsp3) is 0.348. The van der Waals surface area contributed by atoms with Crippen LogP contribution in [-0.2, 0) is 16.1 Å². The van der Waals surface area contributed by atoms with Gasteiger partial charge in [0.1, 0.15) is 19.0 Å². The summed E-state index contributed by atoms with van der Waals surface area (Å²) < 4.78 is 13.4. The summed E-state index contributed by atoms with van der Waals surface area (Å²) >= 11 is 0. The number of para-hydroxylation sites is 4. The molecule has 2 amide bonds. The lowest BCUT2D eigenvalue weighted by Crippen LogP contribution is -2.55. The lowest BCUT2D eigenvalue weighted by atomic mass is 10.2. The van der Waals surface area contributed by atoms with Crippen LogP contribution in [-0.4, -0.2) is 70.1 Å². The molecule has 0 N–H and O–H groups in total. The summed E-state index contributed by atoms with van der Waals surface area (Å²) in [6, 6.07) is 15.2. The molecule has 8 heteroatoms. The maximum Gasteiger partial charge on any atom is 0.267 e. The van der Waals surface area contributed by atoms with E-state index in [1.807, 2.05) is 58.9 Å². The number of ether oxygens (including phenoxy) is 2. The van der Waals surface area contributed by atoms with Crippen molar-refractivity contribution >= 4 is 22.8 Å². The van der Waals surface area contributed by atoms with Crippen LogP contribution < -0.4 is 9.47 Å². The predicted octanol–water partition coefficient (Wildman–Crippen LogP) is 1.86. The molecule has 3 aromatic rings. The molecule has 0 spiro atoms. The molecule has 0 aliphatic carbocycles. The lowest BCUT2D eigenvalue weighted by Gasteiger charge is -2.37. The van der Waals surface area contributed by atoms with E-state index in [0.717, 1.165) is 16.9 Å². The number of benzene rings is 2. The predicted molar refractivity (Wildman–Crippen MR) is 114 cm³/mol. The van der Waals surface area contributed by atoms with Gasteiger partial charge in [-0.05, 0) is 31.2 Å². The Labute approximate surface area is 180 Å². The summed E-state index contributed by atoms with van der Waals surface area (Å²) in [7, 11) is 0. The highest BCUT2D eigenvalue weighted by Crippen LogP contribution is 2.31. The molecule has 2 aromatic carbocycles. The van der Waals surface area contributed by atoms with Crippen LogP contribution in [0.25, 0.3) is 11.0 Å². The van der Waals surface area contributed by atoms with Crippen LogP contribution in [0.3, 0.4) is 0 Å². The first-order valence-corrected chi connectivity index (χ1v) is 10.5. The molecule has 1 aromatic heterocycles. The highest BCUT2D eigenvalue weighted by Gasteiger charge is 2.33. The van der Waals surface area contributed by atoms with Crippen molar-refractivity contribution in [3.8, 4) is 11.5 Å². The van der Waals surface area contributed by atoms with E-state index < -0.39 is 6.10 Å². The van der Waals surface area contributed by atoms with E-state index in [2.05, 4.69) is 4.98 Å². The van der Waals surface area contributed by atoms with E-state index in [1.165, 1.54) is 0 Å². The van der Waals surface area contributed by atoms with E-state index in [-0.39, 0.29) is 25.0 Å². The molecule has 1 atom stereocenters. The van der Waals surface area contributed by atoms with Gasteiger partial charge in [0, 0.05) is 26.2 Å². The Balaban J connectivity index is 1.19. The Morgan fingerprint density at radius 3 is 2.45 bits per heavy atom. The molecule has 1 fully saturated rings. The Kier molecular flexibility index (Phi) is 4.97. The van der Waals surface area contributed by atoms with Crippen molar-refractivity contribution in [2.75, 3.05) is 32.8 Å². The van der Waals surface area contributed by atoms with Gasteiger partial charge in [0.15, 0.2) is 11.5 Å². The molecular formula is C23H24N4O4. The van der Waals surface area contributed by atoms with Crippen molar-refractivity contribution in [3.05, 3.63) is 54.4 Å². The fourth-order valence-electron chi connectivity index (χ4n) is 4.15. The second-order valence-electron chi connectivity index (χ2n) is 7.80. The van der Waals surface area contributed by atoms with Crippen molar-refractivity contribution in [2.45, 2.75) is 19.6 Å². The van der Waals surface area contributed by atoms with Gasteiger partial charge in [0.05, 0.1) is 11.0 Å². The number of nitrogens with zero attached hydrogens (tertiary/aromatic N) is 4. The Bertz CT molecular complexity index is 1130. The molecule has 0 bridgehead atoms. The third-order valence-electron chi connectivity index (χ3n) is 5.87. The molecule has 0 radical (unpaired) electrons. The van der Waals surface area contributed by atoms with Crippen LogP contribution in [0.2, 0.25) is 0 Å². The number of aromatic nitrogens is 2. The number of carbonyl (C=O) groups excluding carboxylic acids is 2. The summed E-state index contributed by atoms with van der Waals surface area (Å²) in [4.78, 5) is 33.9. The zero-order valence-corrected chi connectivity index (χ0v) is 17.4. The topological polar surface area (TPSA) is 76.9 Å². The van der Waals surface area contributed by atoms with Gasteiger partial charge in [-0.15, -0.1) is 0 Å². The summed E-state index contributed by atoms with van der Waals surface area (Å²) in [6.07, 6.45) is -0.655. The van der Waals surface area contributed by atoms with Gasteiger partial charge in [-0.25, -0.2) is 4.98 Å². The molecule has 5 rings (SSSR count). The number of rotatable bonds is 3. The molecule has 0 saturated carbocycles. The average Bonchev–Trinajstić information content (AvgIpc) is 3.13. The van der Waals surface area contributed by atoms with Crippen molar-refractivity contribution in [2.24, 2.45) is 0 Å². The molecule has 31 heavy (non-hydrogen) atoms. The Morgan fingerprint density at radius 2 is 1.65 bits per heavy atom. The van der Waals surface area contributed by atoms with Gasteiger partial charge >= 0.3 is 0 Å². The van der Waals surface area contributed by atoms with Gasteiger partial charge in [0.25, 0.3) is 5.91 Å². The maximum atomic E-state index is 12.9. The quantitative estimate of drug-likeness (QED) is 0.646. The van der Waals surface area contributed by atoms with E-state index in [0.29, 0.717) is 37.7 Å². The van der Waals surface area contributed by atoms with E-state index in [1.54, 1.807) is 11.0 Å². The lowest BCUT2D eigenvalue weighted by molar-refractivity contribution is -0.146. The summed E-state index contributed by atoms with van der Waals surface area (Å²) in [5, 5.41) is 0. The molecule has 160 valence electrons. The number of piperazine rings is 1. The SMILES string of the molecule is Cc1nc2ccccc2n1CC(=O)N1CCN(C(=O)C2COc3ccccc3O2)CC1. The standard InChI is InChI=1S/C23H24N4O4/c1-16-24-17-6-2-3-7-18(17)27(16)14-22(28)25-10-12-26(13-11-25)23(29)21-15-30-19-8-4-5-9-20(19)31-21/h2-9,21H,10-15H2,1H3. The minimum atomic E-state index is -0.655. The minimum absolute atomic E-state index is 0.0320. The third-order valence-corrected chi connectivity index (χ3v) is 5.87. The molecule has 2 aliphatic heterocycles. The van der Waals surface area contributed by atoms with Crippen LogP contribution in [0.1, 0.15) is 5.82 Å². The van der Waals surface area contributed by atoms with E-state index >= 15 is 0 Å². The van der Waals surface area contributed by atoms with Crippen molar-refractivity contribution in [1.29, 1.82) is 0 Å². The fourth-order valence-corrected chi connectivity index (χ4v) is 4.15. The highest BCUT2D eigenvalue weighted by atomic mass is 16.6. The second-order valence-corrected chi connectivity index (χ2v) is 7.80. The molecule has 8 nitrogen and oxygen atoms in total. The first-order valence-electron chi connectivity index (χ1n) is 10.5. The smallest absolute Gasteiger partial charge is 0.267 e. The van der Waals surface area contributed by atoms with Gasteiger partial charge < -0.3 is 23.8 Å². The van der Waals surface area contributed by atoms with Crippen LogP contribution in [0.4, 0.5) is 0 Å². The van der Waals surface area contributed by atoms with Gasteiger partial charge in [-0.3, -0.25) is 9.59 Å². The number of aryl methyl sites for hydroxylation is 1. The highest BCUT2D eigenvalue weighted by molar-refractivity contribution is 5.83. The van der Waals surface area contributed by atoms with Crippen LogP contribution >= 0.6 is 0 Å². The number of fused-ring (bicyclic) bond motifs is 2. The summed E-state index contributed by atoms with van der Waals surface area (Å²) in [5.41, 5.74) is 1.84. The summed E-state index contributed by atoms with van der Waals surface area (Å²) in [5.74, 6) is 1.99. The maximum absolute atomic E-state index is 12.9. The first kappa shape index (κ1) is 19.4. The monoisotopic (exact) mass is 420 g/mol. The summed E-state index contributed by atoms with van der Waals surface area (Å²) in [6.45, 7) is 4.32. The zero-order chi connectivity index (χ0) is 21.4. The third kappa shape index (κ3) is 3.69. The normalized spacial score (nSPS) is 18.3. The van der Waals surface area contributed by atoms with Gasteiger partial charge in [0.2, 0.25) is 12.0 Å². The zero-order valence-electron chi connectivity index (χ0n) is 17.4. The Hall–Kier alpha value is -3.55. The van der Waals surface area contributed by atoms with Crippen molar-refractivity contribution in [1.82, 2.24) is 19.4 Å². The van der Waals surface area contributed by atoms with E-state index in [4.69, 9.17) is 9.47 Å². The minimum Gasteiger partial charge on any atom is -0.485 e. The van der Waals surface area contributed by atoms with Crippen LogP contribution in [0.5, 0.6) is 11.5 Å². The second kappa shape index (κ2) is 7.94. The molecule has 1 saturated heterocycles. The van der Waals surface area contributed by atoms with Gasteiger partial charge in [-0.1, -0.05) is 24.3 Å². The van der Waals surface area contributed by atoms with Crippen LogP contribution in [0, 0.1) is 6.92 Å². The molecule has 3 heterocycles.